The second kappa shape index (κ2) is 4.73. The van der Waals surface area contributed by atoms with Crippen LogP contribution in [0.1, 0.15) is 24.2 Å². The number of hydrogen-bond acceptors (Lipinski definition) is 3. The van der Waals surface area contributed by atoms with Gasteiger partial charge in [-0.3, -0.25) is 4.79 Å². The number of hydrogen-bond donors (Lipinski definition) is 3. The minimum Gasteiger partial charge on any atom is -0.478 e. The van der Waals surface area contributed by atoms with Crippen molar-refractivity contribution in [1.29, 1.82) is 0 Å². The molecule has 1 aromatic rings. The number of nitrogens with one attached hydrogen (secondary N) is 1. The molecule has 0 atom stereocenters. The van der Waals surface area contributed by atoms with Crippen LogP contribution in [0.3, 0.4) is 0 Å². The van der Waals surface area contributed by atoms with Gasteiger partial charge in [-0.15, -0.1) is 0 Å². The third-order valence-corrected chi connectivity index (χ3v) is 2.21. The number of carboxylic acids is 1. The van der Waals surface area contributed by atoms with Crippen LogP contribution < -0.4 is 11.1 Å². The molecule has 17 heavy (non-hydrogen) atoms. The predicted molar refractivity (Wildman–Crippen MR) is 65.3 cm³/mol. The summed E-state index contributed by atoms with van der Waals surface area (Å²) in [6.45, 7) is 3.09. The van der Waals surface area contributed by atoms with E-state index in [1.54, 1.807) is 13.8 Å². The highest BCUT2D eigenvalue weighted by Gasteiger charge is 2.22. The summed E-state index contributed by atoms with van der Waals surface area (Å²) in [5.74, 6) is -1.54. The van der Waals surface area contributed by atoms with E-state index >= 15 is 0 Å². The molecule has 1 rings (SSSR count). The van der Waals surface area contributed by atoms with Crippen LogP contribution in [-0.4, -0.2) is 22.5 Å². The highest BCUT2D eigenvalue weighted by molar-refractivity contribution is 6.31. The Morgan fingerprint density at radius 1 is 1.35 bits per heavy atom. The molecule has 0 saturated carbocycles. The van der Waals surface area contributed by atoms with E-state index < -0.39 is 17.4 Å². The molecule has 0 unspecified atom stereocenters. The quantitative estimate of drug-likeness (QED) is 0.768. The van der Waals surface area contributed by atoms with E-state index in [1.165, 1.54) is 18.2 Å². The molecule has 0 saturated heterocycles. The lowest BCUT2D eigenvalue weighted by Crippen LogP contribution is -2.45. The number of benzene rings is 1. The fourth-order valence-corrected chi connectivity index (χ4v) is 1.31. The number of anilines is 1. The van der Waals surface area contributed by atoms with E-state index in [1.807, 2.05) is 0 Å². The van der Waals surface area contributed by atoms with Crippen LogP contribution in [0, 0.1) is 0 Å². The van der Waals surface area contributed by atoms with Crippen molar-refractivity contribution in [3.8, 4) is 0 Å². The Hall–Kier alpha value is -1.59. The zero-order valence-corrected chi connectivity index (χ0v) is 10.2. The third kappa shape index (κ3) is 3.72. The maximum Gasteiger partial charge on any atom is 0.335 e. The van der Waals surface area contributed by atoms with E-state index in [4.69, 9.17) is 22.4 Å². The molecule has 92 valence electrons. The maximum absolute atomic E-state index is 11.6. The summed E-state index contributed by atoms with van der Waals surface area (Å²) in [4.78, 5) is 22.4. The number of amides is 1. The lowest BCUT2D eigenvalue weighted by atomic mass is 10.1. The molecule has 0 fully saturated rings. The lowest BCUT2D eigenvalue weighted by molar-refractivity contribution is -0.120. The van der Waals surface area contributed by atoms with Gasteiger partial charge in [0.05, 0.1) is 11.1 Å². The van der Waals surface area contributed by atoms with Gasteiger partial charge in [-0.05, 0) is 32.0 Å². The van der Waals surface area contributed by atoms with Gasteiger partial charge in [-0.1, -0.05) is 11.6 Å². The number of halogens is 1. The normalized spacial score (nSPS) is 11.1. The van der Waals surface area contributed by atoms with Crippen LogP contribution in [-0.2, 0) is 4.79 Å². The summed E-state index contributed by atoms with van der Waals surface area (Å²) < 4.78 is 0. The fourth-order valence-electron chi connectivity index (χ4n) is 1.08. The van der Waals surface area contributed by atoms with Gasteiger partial charge >= 0.3 is 5.97 Å². The van der Waals surface area contributed by atoms with Crippen LogP contribution in [0.5, 0.6) is 0 Å². The summed E-state index contributed by atoms with van der Waals surface area (Å²) in [6, 6.07) is 4.07. The zero-order chi connectivity index (χ0) is 13.2. The Kier molecular flexibility index (Phi) is 3.75. The molecule has 0 aliphatic rings. The van der Waals surface area contributed by atoms with Crippen LogP contribution >= 0.6 is 11.6 Å². The minimum absolute atomic E-state index is 0.00243. The van der Waals surface area contributed by atoms with Crippen molar-refractivity contribution in [2.45, 2.75) is 19.4 Å². The minimum atomic E-state index is -1.12. The zero-order valence-electron chi connectivity index (χ0n) is 9.45. The Bertz CT molecular complexity index is 466. The monoisotopic (exact) mass is 256 g/mol. The van der Waals surface area contributed by atoms with Crippen molar-refractivity contribution in [3.63, 3.8) is 0 Å². The molecule has 1 aromatic carbocycles. The number of rotatable bonds is 3. The molecular weight excluding hydrogens is 244 g/mol. The van der Waals surface area contributed by atoms with Crippen LogP contribution in [0.15, 0.2) is 18.2 Å². The van der Waals surface area contributed by atoms with Crippen LogP contribution in [0.25, 0.3) is 0 Å². The molecule has 0 aromatic heterocycles. The van der Waals surface area contributed by atoms with Gasteiger partial charge in [0, 0.05) is 10.7 Å². The summed E-state index contributed by atoms with van der Waals surface area (Å²) in [5, 5.41) is 11.6. The number of carbonyl (C=O) groups excluding carboxylic acids is 1. The first kappa shape index (κ1) is 13.5. The van der Waals surface area contributed by atoms with E-state index in [0.717, 1.165) is 0 Å². The Morgan fingerprint density at radius 3 is 2.41 bits per heavy atom. The van der Waals surface area contributed by atoms with Crippen LogP contribution in [0.2, 0.25) is 5.02 Å². The van der Waals surface area contributed by atoms with E-state index in [0.29, 0.717) is 5.69 Å². The molecule has 5 nitrogen and oxygen atoms in total. The van der Waals surface area contributed by atoms with Crippen molar-refractivity contribution in [1.82, 2.24) is 0 Å². The Balaban J connectivity index is 3.00. The van der Waals surface area contributed by atoms with Gasteiger partial charge in [-0.25, -0.2) is 4.79 Å². The van der Waals surface area contributed by atoms with Crippen molar-refractivity contribution < 1.29 is 14.7 Å². The summed E-state index contributed by atoms with van der Waals surface area (Å²) in [6.07, 6.45) is 0. The van der Waals surface area contributed by atoms with Crippen LogP contribution in [0.4, 0.5) is 5.69 Å². The molecule has 0 bridgehead atoms. The van der Waals surface area contributed by atoms with Gasteiger partial charge in [0.1, 0.15) is 0 Å². The molecular formula is C11H13ClN2O3. The molecule has 4 N–H and O–H groups in total. The average Bonchev–Trinajstić information content (AvgIpc) is 2.14. The SMILES string of the molecule is CC(C)(N)C(=O)Nc1cc(Cl)cc(C(=O)O)c1. The highest BCUT2D eigenvalue weighted by Crippen LogP contribution is 2.20. The summed E-state index contributed by atoms with van der Waals surface area (Å²) in [5.41, 5.74) is 4.86. The van der Waals surface area contributed by atoms with E-state index in [9.17, 15) is 9.59 Å². The Morgan fingerprint density at radius 2 is 1.94 bits per heavy atom. The molecule has 1 amide bonds. The van der Waals surface area contributed by atoms with Crippen molar-refractivity contribution in [2.24, 2.45) is 5.73 Å². The maximum atomic E-state index is 11.6. The second-order valence-corrected chi connectivity index (χ2v) is 4.65. The first-order valence-corrected chi connectivity index (χ1v) is 5.22. The summed E-state index contributed by atoms with van der Waals surface area (Å²) in [7, 11) is 0. The summed E-state index contributed by atoms with van der Waals surface area (Å²) >= 11 is 5.75. The average molecular weight is 257 g/mol. The molecule has 0 spiro atoms. The molecule has 0 radical (unpaired) electrons. The van der Waals surface area contributed by atoms with Gasteiger partial charge in [0.15, 0.2) is 0 Å². The van der Waals surface area contributed by atoms with Gasteiger partial charge in [0.2, 0.25) is 5.91 Å². The number of carbonyl (C=O) groups is 2. The van der Waals surface area contributed by atoms with Crippen molar-refractivity contribution in [3.05, 3.63) is 28.8 Å². The number of carboxylic acid groups (broad SMARTS) is 1. The van der Waals surface area contributed by atoms with Crippen molar-refractivity contribution >= 4 is 29.2 Å². The predicted octanol–water partition coefficient (Wildman–Crippen LogP) is 1.71. The molecule has 0 aliphatic heterocycles. The topological polar surface area (TPSA) is 92.4 Å². The first-order chi connectivity index (χ1) is 7.70. The van der Waals surface area contributed by atoms with E-state index in [2.05, 4.69) is 5.32 Å². The fraction of sp³-hybridized carbons (Fsp3) is 0.273. The largest absolute Gasteiger partial charge is 0.478 e. The number of aromatic carboxylic acids is 1. The highest BCUT2D eigenvalue weighted by atomic mass is 35.5. The smallest absolute Gasteiger partial charge is 0.335 e. The number of nitrogens with two attached hydrogens (primary N) is 1. The Labute approximate surface area is 104 Å². The standard InChI is InChI=1S/C11H13ClN2O3/c1-11(2,13)10(17)14-8-4-6(9(15)16)3-7(12)5-8/h3-5H,13H2,1-2H3,(H,14,17)(H,15,16). The van der Waals surface area contributed by atoms with E-state index in [-0.39, 0.29) is 10.6 Å². The first-order valence-electron chi connectivity index (χ1n) is 4.84. The van der Waals surface area contributed by atoms with Gasteiger partial charge in [0.25, 0.3) is 0 Å². The van der Waals surface area contributed by atoms with Crippen molar-refractivity contribution in [2.75, 3.05) is 5.32 Å². The second-order valence-electron chi connectivity index (χ2n) is 4.21. The van der Waals surface area contributed by atoms with Gasteiger partial charge in [-0.2, -0.15) is 0 Å². The molecule has 0 aliphatic carbocycles. The molecule has 6 heteroatoms. The third-order valence-electron chi connectivity index (χ3n) is 1.99. The lowest BCUT2D eigenvalue weighted by Gasteiger charge is -2.18. The van der Waals surface area contributed by atoms with Gasteiger partial charge < -0.3 is 16.2 Å². The molecule has 0 heterocycles.